The summed E-state index contributed by atoms with van der Waals surface area (Å²) in [5, 5.41) is 3.03. The Bertz CT molecular complexity index is 1330. The molecule has 5 aliphatic rings. The van der Waals surface area contributed by atoms with Gasteiger partial charge in [0.25, 0.3) is 5.91 Å². The van der Waals surface area contributed by atoms with Crippen LogP contribution in [0.4, 0.5) is 4.79 Å². The van der Waals surface area contributed by atoms with E-state index < -0.39 is 15.4 Å². The summed E-state index contributed by atoms with van der Waals surface area (Å²) in [7, 11) is -3.39. The number of amides is 2. The first-order chi connectivity index (χ1) is 17.0. The fraction of sp³-hybridized carbons (Fsp3) is 0.538. The Labute approximate surface area is 215 Å². The standard InChI is InChI=1S/C26H31N3O5S2/c1-26(2,3)34-25(31)27-21-17-13-18(21)22(17)28-8-10-29(11-9-28)24(30)19-12-15-14-36(32,33)20-7-5-4-6-16(20)23(15)35-19/h4-7,12,17-18,21-22H,8-11,13-14H2,1-3H3,(H,27,31). The van der Waals surface area contributed by atoms with Crippen LogP contribution >= 0.6 is 11.3 Å². The van der Waals surface area contributed by atoms with E-state index in [1.807, 2.05) is 37.8 Å². The van der Waals surface area contributed by atoms with Gasteiger partial charge in [-0.05, 0) is 56.7 Å². The number of thiophene rings is 1. The van der Waals surface area contributed by atoms with Crippen LogP contribution in [0.1, 0.15) is 42.4 Å². The second-order valence-electron chi connectivity index (χ2n) is 11.3. The van der Waals surface area contributed by atoms with Crippen molar-refractivity contribution < 1.29 is 22.7 Å². The van der Waals surface area contributed by atoms with Crippen molar-refractivity contribution in [3.63, 3.8) is 0 Å². The normalized spacial score (nSPS) is 28.2. The fourth-order valence-electron chi connectivity index (χ4n) is 6.06. The molecule has 3 heterocycles. The van der Waals surface area contributed by atoms with Crippen molar-refractivity contribution >= 4 is 33.2 Å². The summed E-state index contributed by atoms with van der Waals surface area (Å²) < 4.78 is 30.8. The second-order valence-corrected chi connectivity index (χ2v) is 14.3. The van der Waals surface area contributed by atoms with Gasteiger partial charge >= 0.3 is 6.09 Å². The van der Waals surface area contributed by atoms with E-state index in [2.05, 4.69) is 10.2 Å². The molecule has 0 spiro atoms. The number of fused-ring (bicyclic) bond motifs is 3. The van der Waals surface area contributed by atoms with Crippen LogP contribution in [-0.2, 0) is 20.3 Å². The minimum atomic E-state index is -3.39. The highest BCUT2D eigenvalue weighted by Gasteiger charge is 2.63. The van der Waals surface area contributed by atoms with Crippen molar-refractivity contribution in [2.24, 2.45) is 11.8 Å². The number of ether oxygens (including phenoxy) is 1. The number of hydrogen-bond acceptors (Lipinski definition) is 7. The van der Waals surface area contributed by atoms with E-state index in [1.165, 1.54) is 11.3 Å². The van der Waals surface area contributed by atoms with Gasteiger partial charge in [0.15, 0.2) is 9.84 Å². The average molecular weight is 530 g/mol. The molecule has 2 aliphatic heterocycles. The lowest BCUT2D eigenvalue weighted by molar-refractivity contribution is -0.154. The summed E-state index contributed by atoms with van der Waals surface area (Å²) in [5.74, 6) is 0.832. The molecule has 1 saturated heterocycles. The molecule has 2 amide bonds. The van der Waals surface area contributed by atoms with E-state index >= 15 is 0 Å². The first kappa shape index (κ1) is 23.9. The molecule has 2 atom stereocenters. The first-order valence-corrected chi connectivity index (χ1v) is 15.0. The zero-order chi connectivity index (χ0) is 25.4. The van der Waals surface area contributed by atoms with Crippen molar-refractivity contribution in [2.75, 3.05) is 26.2 Å². The Balaban J connectivity index is 1.06. The molecule has 3 saturated carbocycles. The smallest absolute Gasteiger partial charge is 0.407 e. The Morgan fingerprint density at radius 2 is 1.78 bits per heavy atom. The maximum atomic E-state index is 13.3. The number of benzene rings is 1. The number of piperazine rings is 1. The molecular formula is C26H31N3O5S2. The minimum Gasteiger partial charge on any atom is -0.444 e. The van der Waals surface area contributed by atoms with Crippen molar-refractivity contribution in [3.8, 4) is 10.4 Å². The zero-order valence-electron chi connectivity index (χ0n) is 20.7. The van der Waals surface area contributed by atoms with Gasteiger partial charge in [-0.3, -0.25) is 9.69 Å². The Morgan fingerprint density at radius 1 is 1.08 bits per heavy atom. The first-order valence-electron chi connectivity index (χ1n) is 12.5. The SMILES string of the molecule is CC(C)(C)OC(=O)NC1C2CC1C2N1CCN(C(=O)c2cc3c(s2)-c2ccccc2S(=O)(=O)C3)CC1. The molecule has 4 fully saturated rings. The van der Waals surface area contributed by atoms with Gasteiger partial charge in [-0.2, -0.15) is 0 Å². The molecule has 1 N–H and O–H groups in total. The summed E-state index contributed by atoms with van der Waals surface area (Å²) in [6.45, 7) is 8.51. The van der Waals surface area contributed by atoms with Crippen LogP contribution in [0.5, 0.6) is 0 Å². The van der Waals surface area contributed by atoms with E-state index in [-0.39, 0.29) is 23.8 Å². The van der Waals surface area contributed by atoms with Crippen LogP contribution in [0.15, 0.2) is 35.2 Å². The maximum absolute atomic E-state index is 13.3. The molecule has 2 unspecified atom stereocenters. The zero-order valence-corrected chi connectivity index (χ0v) is 22.3. The minimum absolute atomic E-state index is 0.0211. The number of nitrogens with zero attached hydrogens (tertiary/aromatic N) is 2. The lowest BCUT2D eigenvalue weighted by Crippen LogP contribution is -2.78. The predicted molar refractivity (Wildman–Crippen MR) is 137 cm³/mol. The summed E-state index contributed by atoms with van der Waals surface area (Å²) in [4.78, 5) is 31.6. The molecule has 2 aromatic rings. The number of carbonyl (C=O) groups excluding carboxylic acids is 2. The fourth-order valence-corrected chi connectivity index (χ4v) is 8.99. The highest BCUT2D eigenvalue weighted by atomic mass is 32.2. The van der Waals surface area contributed by atoms with Crippen LogP contribution in [0, 0.1) is 11.8 Å². The van der Waals surface area contributed by atoms with Gasteiger partial charge in [-0.15, -0.1) is 11.3 Å². The lowest BCUT2D eigenvalue weighted by Gasteiger charge is -2.68. The van der Waals surface area contributed by atoms with Crippen LogP contribution in [-0.4, -0.2) is 74.1 Å². The molecule has 0 radical (unpaired) electrons. The predicted octanol–water partition coefficient (Wildman–Crippen LogP) is 3.37. The van der Waals surface area contributed by atoms with Gasteiger partial charge < -0.3 is 15.0 Å². The Kier molecular flexibility index (Phi) is 5.51. The molecule has 10 heteroatoms. The number of alkyl carbamates (subject to hydrolysis) is 1. The van der Waals surface area contributed by atoms with Gasteiger partial charge in [-0.25, -0.2) is 13.2 Å². The lowest BCUT2D eigenvalue weighted by atomic mass is 9.47. The summed E-state index contributed by atoms with van der Waals surface area (Å²) in [5.41, 5.74) is 0.921. The highest BCUT2D eigenvalue weighted by Crippen LogP contribution is 2.56. The second kappa shape index (κ2) is 8.29. The summed E-state index contributed by atoms with van der Waals surface area (Å²) in [6, 6.07) is 9.48. The topological polar surface area (TPSA) is 96.0 Å². The maximum Gasteiger partial charge on any atom is 0.407 e. The van der Waals surface area contributed by atoms with Crippen molar-refractivity contribution in [1.29, 1.82) is 0 Å². The van der Waals surface area contributed by atoms with Crippen LogP contribution in [0.2, 0.25) is 0 Å². The third-order valence-corrected chi connectivity index (χ3v) is 10.8. The molecule has 7 rings (SSSR count). The van der Waals surface area contributed by atoms with Gasteiger partial charge in [0, 0.05) is 48.7 Å². The quantitative estimate of drug-likeness (QED) is 0.655. The van der Waals surface area contributed by atoms with Crippen LogP contribution in [0.25, 0.3) is 10.4 Å². The molecule has 1 aromatic heterocycles. The molecule has 3 aliphatic carbocycles. The summed E-state index contributed by atoms with van der Waals surface area (Å²) in [6.07, 6.45) is 0.792. The van der Waals surface area contributed by atoms with Gasteiger partial charge in [-0.1, -0.05) is 18.2 Å². The number of carbonyl (C=O) groups is 2. The average Bonchev–Trinajstić information content (AvgIpc) is 3.19. The molecule has 2 bridgehead atoms. The molecule has 36 heavy (non-hydrogen) atoms. The van der Waals surface area contributed by atoms with Gasteiger partial charge in [0.05, 0.1) is 15.5 Å². The molecule has 192 valence electrons. The van der Waals surface area contributed by atoms with E-state index in [4.69, 9.17) is 4.74 Å². The van der Waals surface area contributed by atoms with Crippen LogP contribution < -0.4 is 5.32 Å². The van der Waals surface area contributed by atoms with E-state index in [0.29, 0.717) is 46.3 Å². The molecule has 8 nitrogen and oxygen atoms in total. The Hall–Kier alpha value is -2.43. The van der Waals surface area contributed by atoms with Crippen molar-refractivity contribution in [3.05, 3.63) is 40.8 Å². The number of hydrogen-bond donors (Lipinski definition) is 1. The van der Waals surface area contributed by atoms with Crippen molar-refractivity contribution in [2.45, 2.75) is 55.5 Å². The largest absolute Gasteiger partial charge is 0.444 e. The third kappa shape index (κ3) is 3.94. The van der Waals surface area contributed by atoms with Gasteiger partial charge in [0.1, 0.15) is 5.60 Å². The van der Waals surface area contributed by atoms with E-state index in [0.717, 1.165) is 30.0 Å². The Morgan fingerprint density at radius 3 is 2.44 bits per heavy atom. The summed E-state index contributed by atoms with van der Waals surface area (Å²) >= 11 is 1.40. The highest BCUT2D eigenvalue weighted by molar-refractivity contribution is 7.91. The van der Waals surface area contributed by atoms with Gasteiger partial charge in [0.2, 0.25) is 0 Å². The van der Waals surface area contributed by atoms with E-state index in [1.54, 1.807) is 18.2 Å². The number of rotatable bonds is 3. The van der Waals surface area contributed by atoms with E-state index in [9.17, 15) is 18.0 Å². The molecular weight excluding hydrogens is 498 g/mol. The van der Waals surface area contributed by atoms with Crippen molar-refractivity contribution in [1.82, 2.24) is 15.1 Å². The molecule has 1 aromatic carbocycles. The van der Waals surface area contributed by atoms with Crippen LogP contribution in [0.3, 0.4) is 0 Å². The number of sulfone groups is 1. The number of nitrogens with one attached hydrogen (secondary N) is 1. The monoisotopic (exact) mass is 529 g/mol. The third-order valence-electron chi connectivity index (χ3n) is 7.88.